The van der Waals surface area contributed by atoms with Gasteiger partial charge in [-0.3, -0.25) is 4.79 Å². The molecule has 0 atom stereocenters. The molecule has 0 N–H and O–H groups in total. The van der Waals surface area contributed by atoms with E-state index >= 15 is 0 Å². The number of carbonyl (C=O) groups is 1. The number of halogens is 2. The van der Waals surface area contributed by atoms with Gasteiger partial charge in [-0.2, -0.15) is 10.1 Å². The third-order valence-electron chi connectivity index (χ3n) is 3.97. The summed E-state index contributed by atoms with van der Waals surface area (Å²) in [6.07, 6.45) is 1.60. The number of nitrogens with zero attached hydrogens (tertiary/aromatic N) is 3. The monoisotopic (exact) mass is 461 g/mol. The van der Waals surface area contributed by atoms with Crippen molar-refractivity contribution in [3.8, 4) is 5.75 Å². The molecule has 0 unspecified atom stereocenters. The number of amides is 1. The predicted molar refractivity (Wildman–Crippen MR) is 121 cm³/mol. The topological polar surface area (TPSA) is 54.8 Å². The SMILES string of the molecule is COc1ccc2nc(N(/N=C/c3ccccc3)C(=O)c3cc(Cl)sc3Cl)sc2c1. The van der Waals surface area contributed by atoms with Crippen LogP contribution in [0.4, 0.5) is 5.13 Å². The number of thiazole rings is 1. The van der Waals surface area contributed by atoms with Gasteiger partial charge in [-0.15, -0.1) is 11.3 Å². The Morgan fingerprint density at radius 2 is 1.93 bits per heavy atom. The molecule has 2 aromatic heterocycles. The summed E-state index contributed by atoms with van der Waals surface area (Å²) >= 11 is 14.7. The van der Waals surface area contributed by atoms with E-state index in [1.165, 1.54) is 22.4 Å². The molecule has 4 rings (SSSR count). The van der Waals surface area contributed by atoms with Gasteiger partial charge in [0.25, 0.3) is 5.91 Å². The summed E-state index contributed by atoms with van der Waals surface area (Å²) in [5.74, 6) is 0.308. The number of hydrogen-bond acceptors (Lipinski definition) is 6. The number of aromatic nitrogens is 1. The van der Waals surface area contributed by atoms with Gasteiger partial charge in [0, 0.05) is 0 Å². The molecular formula is C20H13Cl2N3O2S2. The maximum Gasteiger partial charge on any atom is 0.283 e. The summed E-state index contributed by atoms with van der Waals surface area (Å²) < 4.78 is 6.89. The van der Waals surface area contributed by atoms with Gasteiger partial charge in [0.2, 0.25) is 5.13 Å². The molecule has 0 saturated carbocycles. The van der Waals surface area contributed by atoms with E-state index < -0.39 is 5.91 Å². The fourth-order valence-electron chi connectivity index (χ4n) is 2.56. The number of carbonyl (C=O) groups excluding carboxylic acids is 1. The lowest BCUT2D eigenvalue weighted by atomic mass is 10.2. The third kappa shape index (κ3) is 4.28. The van der Waals surface area contributed by atoms with Crippen molar-refractivity contribution in [3.63, 3.8) is 0 Å². The smallest absolute Gasteiger partial charge is 0.283 e. The number of benzene rings is 2. The minimum absolute atomic E-state index is 0.281. The standard InChI is InChI=1S/C20H13Cl2N3O2S2/c1-27-13-7-8-15-16(9-13)28-20(24-15)25(23-11-12-5-3-2-4-6-12)19(26)14-10-17(21)29-18(14)22/h2-11H,1H3/b23-11+. The predicted octanol–water partition coefficient (Wildman–Crippen LogP) is 6.35. The van der Waals surface area contributed by atoms with Crippen molar-refractivity contribution in [1.29, 1.82) is 0 Å². The van der Waals surface area contributed by atoms with E-state index in [2.05, 4.69) is 10.1 Å². The molecule has 0 aliphatic heterocycles. The number of anilines is 1. The number of hydrazone groups is 1. The highest BCUT2D eigenvalue weighted by molar-refractivity contribution is 7.22. The van der Waals surface area contributed by atoms with E-state index in [-0.39, 0.29) is 5.56 Å². The van der Waals surface area contributed by atoms with Crippen molar-refractivity contribution >= 4 is 73.3 Å². The molecule has 0 saturated heterocycles. The quantitative estimate of drug-likeness (QED) is 0.256. The van der Waals surface area contributed by atoms with Gasteiger partial charge in [0.1, 0.15) is 10.1 Å². The largest absolute Gasteiger partial charge is 0.497 e. The Labute approximate surface area is 184 Å². The van der Waals surface area contributed by atoms with Crippen molar-refractivity contribution in [3.05, 3.63) is 74.4 Å². The summed E-state index contributed by atoms with van der Waals surface area (Å²) in [4.78, 5) is 17.8. The van der Waals surface area contributed by atoms with E-state index in [0.29, 0.717) is 19.6 Å². The molecule has 5 nitrogen and oxygen atoms in total. The fraction of sp³-hybridized carbons (Fsp3) is 0.0500. The van der Waals surface area contributed by atoms with Crippen LogP contribution in [-0.4, -0.2) is 24.2 Å². The first-order chi connectivity index (χ1) is 14.0. The van der Waals surface area contributed by atoms with Crippen molar-refractivity contribution < 1.29 is 9.53 Å². The third-order valence-corrected chi connectivity index (χ3v) is 6.45. The van der Waals surface area contributed by atoms with E-state index in [4.69, 9.17) is 27.9 Å². The molecule has 9 heteroatoms. The van der Waals surface area contributed by atoms with Crippen LogP contribution >= 0.6 is 45.9 Å². The Morgan fingerprint density at radius 3 is 2.62 bits per heavy atom. The second-order valence-electron chi connectivity index (χ2n) is 5.84. The Morgan fingerprint density at radius 1 is 1.14 bits per heavy atom. The van der Waals surface area contributed by atoms with Crippen LogP contribution < -0.4 is 9.75 Å². The number of rotatable bonds is 5. The maximum atomic E-state index is 13.2. The highest BCUT2D eigenvalue weighted by Crippen LogP contribution is 2.36. The van der Waals surface area contributed by atoms with E-state index in [0.717, 1.165) is 27.1 Å². The highest BCUT2D eigenvalue weighted by atomic mass is 35.5. The Hall–Kier alpha value is -2.45. The molecule has 1 amide bonds. The maximum absolute atomic E-state index is 13.2. The second-order valence-corrected chi connectivity index (χ2v) is 9.13. The van der Waals surface area contributed by atoms with Gasteiger partial charge in [0.05, 0.1) is 33.4 Å². The number of thiophene rings is 1. The highest BCUT2D eigenvalue weighted by Gasteiger charge is 2.25. The molecule has 29 heavy (non-hydrogen) atoms. The number of hydrogen-bond donors (Lipinski definition) is 0. The first-order valence-corrected chi connectivity index (χ1v) is 10.8. The molecule has 4 aromatic rings. The van der Waals surface area contributed by atoms with Crippen LogP contribution in [0.15, 0.2) is 59.7 Å². The average Bonchev–Trinajstić information content (AvgIpc) is 3.30. The van der Waals surface area contributed by atoms with Crippen LogP contribution in [-0.2, 0) is 0 Å². The van der Waals surface area contributed by atoms with Gasteiger partial charge in [-0.25, -0.2) is 4.98 Å². The number of methoxy groups -OCH3 is 1. The molecular weight excluding hydrogens is 449 g/mol. The van der Waals surface area contributed by atoms with Crippen LogP contribution in [0, 0.1) is 0 Å². The second kappa shape index (κ2) is 8.51. The minimum atomic E-state index is -0.406. The molecule has 2 heterocycles. The fourth-order valence-corrected chi connectivity index (χ4v) is 4.96. The van der Waals surface area contributed by atoms with E-state index in [1.54, 1.807) is 13.3 Å². The summed E-state index contributed by atoms with van der Waals surface area (Å²) in [7, 11) is 1.60. The van der Waals surface area contributed by atoms with Gasteiger partial charge in [-0.1, -0.05) is 64.9 Å². The van der Waals surface area contributed by atoms with Gasteiger partial charge in [0.15, 0.2) is 0 Å². The van der Waals surface area contributed by atoms with Gasteiger partial charge < -0.3 is 4.74 Å². The number of ether oxygens (including phenoxy) is 1. The zero-order valence-corrected chi connectivity index (χ0v) is 18.1. The summed E-state index contributed by atoms with van der Waals surface area (Å²) in [5.41, 5.74) is 1.87. The minimum Gasteiger partial charge on any atom is -0.497 e. The van der Waals surface area contributed by atoms with Crippen molar-refractivity contribution in [2.24, 2.45) is 5.10 Å². The molecule has 0 spiro atoms. The zero-order chi connectivity index (χ0) is 20.4. The van der Waals surface area contributed by atoms with Gasteiger partial charge >= 0.3 is 0 Å². The van der Waals surface area contributed by atoms with Gasteiger partial charge in [-0.05, 0) is 29.8 Å². The first-order valence-electron chi connectivity index (χ1n) is 8.38. The molecule has 2 aromatic carbocycles. The Bertz CT molecular complexity index is 1210. The summed E-state index contributed by atoms with van der Waals surface area (Å²) in [5, 5.41) is 6.07. The van der Waals surface area contributed by atoms with Crippen molar-refractivity contribution in [2.45, 2.75) is 0 Å². The normalized spacial score (nSPS) is 11.3. The molecule has 0 aliphatic carbocycles. The molecule has 0 radical (unpaired) electrons. The Balaban J connectivity index is 1.78. The lowest BCUT2D eigenvalue weighted by molar-refractivity contribution is 0.0988. The molecule has 0 bridgehead atoms. The van der Waals surface area contributed by atoms with Crippen molar-refractivity contribution in [1.82, 2.24) is 4.98 Å². The first kappa shape index (κ1) is 19.8. The van der Waals surface area contributed by atoms with Crippen LogP contribution in [0.5, 0.6) is 5.75 Å². The van der Waals surface area contributed by atoms with Crippen LogP contribution in [0.2, 0.25) is 8.67 Å². The van der Waals surface area contributed by atoms with Crippen molar-refractivity contribution in [2.75, 3.05) is 12.1 Å². The lowest BCUT2D eigenvalue weighted by Crippen LogP contribution is -2.25. The van der Waals surface area contributed by atoms with Crippen LogP contribution in [0.3, 0.4) is 0 Å². The molecule has 146 valence electrons. The summed E-state index contributed by atoms with van der Waals surface area (Å²) in [6, 6.07) is 16.6. The molecule has 0 fully saturated rings. The average molecular weight is 462 g/mol. The van der Waals surface area contributed by atoms with E-state index in [9.17, 15) is 4.79 Å². The molecule has 0 aliphatic rings. The Kier molecular flexibility index (Phi) is 5.82. The summed E-state index contributed by atoms with van der Waals surface area (Å²) in [6.45, 7) is 0. The number of fused-ring (bicyclic) bond motifs is 1. The van der Waals surface area contributed by atoms with Crippen LogP contribution in [0.25, 0.3) is 10.2 Å². The van der Waals surface area contributed by atoms with Crippen LogP contribution in [0.1, 0.15) is 15.9 Å². The lowest BCUT2D eigenvalue weighted by Gasteiger charge is -2.13. The van der Waals surface area contributed by atoms with E-state index in [1.807, 2.05) is 48.5 Å². The zero-order valence-electron chi connectivity index (χ0n) is 15.0.